The van der Waals surface area contributed by atoms with Crippen LogP contribution in [0.15, 0.2) is 78.9 Å². The van der Waals surface area contributed by atoms with E-state index in [1.165, 1.54) is 0 Å². The van der Waals surface area contributed by atoms with Crippen LogP contribution in [0.3, 0.4) is 0 Å². The quantitative estimate of drug-likeness (QED) is 0.198. The van der Waals surface area contributed by atoms with Crippen LogP contribution in [0.5, 0.6) is 11.5 Å². The third kappa shape index (κ3) is 5.77. The van der Waals surface area contributed by atoms with Crippen LogP contribution >= 0.6 is 11.6 Å². The van der Waals surface area contributed by atoms with Gasteiger partial charge in [0.05, 0.1) is 5.41 Å². The second kappa shape index (κ2) is 9.84. The molecule has 0 bridgehead atoms. The summed E-state index contributed by atoms with van der Waals surface area (Å²) in [5.74, 6) is 0.926. The lowest BCUT2D eigenvalue weighted by Crippen LogP contribution is -2.25. The van der Waals surface area contributed by atoms with E-state index in [1.54, 1.807) is 12.1 Å². The number of phenols is 1. The van der Waals surface area contributed by atoms with Gasteiger partial charge in [-0.05, 0) is 79.3 Å². The zero-order valence-corrected chi connectivity index (χ0v) is 18.8. The van der Waals surface area contributed by atoms with Crippen molar-refractivity contribution < 1.29 is 14.6 Å². The lowest BCUT2D eigenvalue weighted by molar-refractivity contribution is -0.142. The Morgan fingerprint density at radius 1 is 0.839 bits per heavy atom. The number of carbonyl (C=O) groups is 1. The molecule has 0 amide bonds. The molecule has 0 fully saturated rings. The summed E-state index contributed by atoms with van der Waals surface area (Å²) in [7, 11) is 0. The van der Waals surface area contributed by atoms with Crippen LogP contribution < -0.4 is 4.74 Å². The number of carbonyl (C=O) groups excluding carboxylic acids is 1. The first-order valence-corrected chi connectivity index (χ1v) is 10.8. The van der Waals surface area contributed by atoms with Gasteiger partial charge >= 0.3 is 5.97 Å². The van der Waals surface area contributed by atoms with E-state index >= 15 is 0 Å². The van der Waals surface area contributed by atoms with E-state index in [0.717, 1.165) is 27.8 Å². The van der Waals surface area contributed by atoms with Crippen LogP contribution in [0, 0.1) is 5.41 Å². The zero-order chi connectivity index (χ0) is 22.4. The van der Waals surface area contributed by atoms with Gasteiger partial charge in [-0.2, -0.15) is 0 Å². The molecule has 3 aromatic carbocycles. The molecule has 0 saturated carbocycles. The van der Waals surface area contributed by atoms with Crippen molar-refractivity contribution in [1.29, 1.82) is 0 Å². The highest BCUT2D eigenvalue weighted by molar-refractivity contribution is 6.18. The molecule has 160 valence electrons. The lowest BCUT2D eigenvalue weighted by atomic mass is 9.88. The van der Waals surface area contributed by atoms with E-state index in [0.29, 0.717) is 18.1 Å². The molecule has 0 saturated heterocycles. The number of hydrogen-bond donors (Lipinski definition) is 1. The molecule has 4 heteroatoms. The minimum absolute atomic E-state index is 0.222. The maximum atomic E-state index is 12.2. The molecular formula is C27H27ClO3. The molecule has 0 radical (unpaired) electrons. The molecule has 0 aliphatic rings. The van der Waals surface area contributed by atoms with E-state index in [1.807, 2.05) is 75.4 Å². The summed E-state index contributed by atoms with van der Waals surface area (Å²) in [4.78, 5) is 12.2. The Labute approximate surface area is 189 Å². The normalized spacial score (nSPS) is 12.3. The second-order valence-corrected chi connectivity index (χ2v) is 8.75. The van der Waals surface area contributed by atoms with E-state index in [9.17, 15) is 9.90 Å². The number of rotatable bonds is 6. The third-order valence-electron chi connectivity index (χ3n) is 4.89. The molecule has 1 N–H and O–H groups in total. The summed E-state index contributed by atoms with van der Waals surface area (Å²) in [5.41, 5.74) is 4.63. The predicted molar refractivity (Wildman–Crippen MR) is 127 cm³/mol. The van der Waals surface area contributed by atoms with Gasteiger partial charge in [-0.15, -0.1) is 11.6 Å². The van der Waals surface area contributed by atoms with Crippen molar-refractivity contribution in [2.24, 2.45) is 5.41 Å². The largest absolute Gasteiger partial charge is 0.508 e. The van der Waals surface area contributed by atoms with Crippen molar-refractivity contribution in [3.8, 4) is 11.5 Å². The summed E-state index contributed by atoms with van der Waals surface area (Å²) < 4.78 is 5.51. The van der Waals surface area contributed by atoms with Crippen LogP contribution in [0.2, 0.25) is 0 Å². The first-order chi connectivity index (χ1) is 14.8. The number of ether oxygens (including phenoxy) is 1. The van der Waals surface area contributed by atoms with Gasteiger partial charge in [0.25, 0.3) is 0 Å². The van der Waals surface area contributed by atoms with Crippen molar-refractivity contribution in [3.05, 3.63) is 95.6 Å². The Kier molecular flexibility index (Phi) is 7.19. The van der Waals surface area contributed by atoms with Crippen LogP contribution in [-0.4, -0.2) is 17.0 Å². The molecule has 0 heterocycles. The average Bonchev–Trinajstić information content (AvgIpc) is 2.75. The van der Waals surface area contributed by atoms with E-state index in [-0.39, 0.29) is 11.7 Å². The van der Waals surface area contributed by atoms with Gasteiger partial charge in [-0.3, -0.25) is 4.79 Å². The smallest absolute Gasteiger partial charge is 0.316 e. The number of benzene rings is 3. The van der Waals surface area contributed by atoms with Gasteiger partial charge in [0.1, 0.15) is 11.5 Å². The topological polar surface area (TPSA) is 46.5 Å². The summed E-state index contributed by atoms with van der Waals surface area (Å²) in [6.45, 7) is 5.48. The van der Waals surface area contributed by atoms with Crippen molar-refractivity contribution in [3.63, 3.8) is 0 Å². The van der Waals surface area contributed by atoms with Crippen LogP contribution in [0.4, 0.5) is 0 Å². The third-order valence-corrected chi connectivity index (χ3v) is 5.08. The fraction of sp³-hybridized carbons (Fsp3) is 0.222. The maximum absolute atomic E-state index is 12.2. The minimum Gasteiger partial charge on any atom is -0.508 e. The molecule has 0 aliphatic heterocycles. The number of alkyl halides is 1. The molecule has 0 aromatic heterocycles. The highest BCUT2D eigenvalue weighted by atomic mass is 35.5. The highest BCUT2D eigenvalue weighted by Crippen LogP contribution is 2.36. The maximum Gasteiger partial charge on any atom is 0.316 e. The molecule has 31 heavy (non-hydrogen) atoms. The number of aromatic hydroxyl groups is 1. The fourth-order valence-corrected chi connectivity index (χ4v) is 3.43. The molecule has 3 nitrogen and oxygen atoms in total. The van der Waals surface area contributed by atoms with Crippen molar-refractivity contribution in [1.82, 2.24) is 0 Å². The lowest BCUT2D eigenvalue weighted by Gasteiger charge is -2.18. The molecule has 3 rings (SSSR count). The number of phenolic OH excluding ortho intramolecular Hbond substituents is 1. The van der Waals surface area contributed by atoms with Gasteiger partial charge in [0.2, 0.25) is 0 Å². The molecule has 3 aromatic rings. The standard InChI is InChI=1S/C27H27ClO3/c1-27(2,3)26(30)31-23-15-11-19(12-16-23)24(17-18-28)25(20-7-5-4-6-8-20)21-9-13-22(29)14-10-21/h4-16,29H,17-18H2,1-3H3/b25-24+. The Morgan fingerprint density at radius 3 is 1.94 bits per heavy atom. The Hall–Kier alpha value is -3.04. The van der Waals surface area contributed by atoms with Crippen molar-refractivity contribution in [2.45, 2.75) is 27.2 Å². The van der Waals surface area contributed by atoms with E-state index in [2.05, 4.69) is 12.1 Å². The number of halogens is 1. The first kappa shape index (κ1) is 22.6. The van der Waals surface area contributed by atoms with Crippen molar-refractivity contribution >= 4 is 28.7 Å². The average molecular weight is 435 g/mol. The molecular weight excluding hydrogens is 408 g/mol. The van der Waals surface area contributed by atoms with Crippen molar-refractivity contribution in [2.75, 3.05) is 5.88 Å². The summed E-state index contributed by atoms with van der Waals surface area (Å²) in [5, 5.41) is 9.75. The molecule has 0 aliphatic carbocycles. The molecule has 0 atom stereocenters. The number of esters is 1. The zero-order valence-electron chi connectivity index (χ0n) is 18.1. The van der Waals surface area contributed by atoms with Gasteiger partial charge in [-0.25, -0.2) is 0 Å². The Balaban J connectivity index is 2.09. The van der Waals surface area contributed by atoms with Gasteiger partial charge in [-0.1, -0.05) is 54.6 Å². The SMILES string of the molecule is CC(C)(C)C(=O)Oc1ccc(/C(CCCl)=C(\c2ccccc2)c2ccc(O)cc2)cc1. The van der Waals surface area contributed by atoms with Gasteiger partial charge in [0, 0.05) is 5.88 Å². The fourth-order valence-electron chi connectivity index (χ4n) is 3.24. The van der Waals surface area contributed by atoms with E-state index in [4.69, 9.17) is 16.3 Å². The predicted octanol–water partition coefficient (Wildman–Crippen LogP) is 6.93. The van der Waals surface area contributed by atoms with Crippen LogP contribution in [0.1, 0.15) is 43.9 Å². The van der Waals surface area contributed by atoms with Gasteiger partial charge in [0.15, 0.2) is 0 Å². The summed E-state index contributed by atoms with van der Waals surface area (Å²) in [6.07, 6.45) is 0.661. The second-order valence-electron chi connectivity index (χ2n) is 8.37. The minimum atomic E-state index is -0.568. The summed E-state index contributed by atoms with van der Waals surface area (Å²) >= 11 is 6.20. The van der Waals surface area contributed by atoms with Crippen LogP contribution in [0.25, 0.3) is 11.1 Å². The molecule has 0 unspecified atom stereocenters. The highest BCUT2D eigenvalue weighted by Gasteiger charge is 2.23. The van der Waals surface area contributed by atoms with E-state index < -0.39 is 5.41 Å². The monoisotopic (exact) mass is 434 g/mol. The Bertz CT molecular complexity index is 1040. The summed E-state index contributed by atoms with van der Waals surface area (Å²) in [6, 6.07) is 24.8. The number of allylic oxidation sites excluding steroid dienone is 1. The molecule has 0 spiro atoms. The van der Waals surface area contributed by atoms with Gasteiger partial charge < -0.3 is 9.84 Å². The Morgan fingerprint density at radius 2 is 1.39 bits per heavy atom. The number of hydrogen-bond acceptors (Lipinski definition) is 3. The van der Waals surface area contributed by atoms with Crippen LogP contribution in [-0.2, 0) is 4.79 Å². The first-order valence-electron chi connectivity index (χ1n) is 10.3.